The van der Waals surface area contributed by atoms with Gasteiger partial charge in [-0.25, -0.2) is 5.43 Å². The summed E-state index contributed by atoms with van der Waals surface area (Å²) in [6.45, 7) is 0.358. The molecule has 0 radical (unpaired) electrons. The molecule has 0 aliphatic carbocycles. The third-order valence-electron chi connectivity index (χ3n) is 3.08. The topological polar surface area (TPSA) is 44.3 Å². The van der Waals surface area contributed by atoms with Gasteiger partial charge in [0.2, 0.25) is 0 Å². The molecule has 19 heavy (non-hydrogen) atoms. The Morgan fingerprint density at radius 2 is 1.84 bits per heavy atom. The first-order valence-corrected chi connectivity index (χ1v) is 6.40. The fourth-order valence-corrected chi connectivity index (χ4v) is 2.40. The second-order valence-electron chi connectivity index (χ2n) is 4.36. The Morgan fingerprint density at radius 1 is 1.05 bits per heavy atom. The van der Waals surface area contributed by atoms with Crippen LogP contribution in [0.15, 0.2) is 54.3 Å². The van der Waals surface area contributed by atoms with Gasteiger partial charge in [0.15, 0.2) is 0 Å². The number of anilines is 1. The SMILES string of the molecule is OC1=C(c2ccccc2)c2cc(Cl)ccc2NNC1. The molecule has 1 heterocycles. The van der Waals surface area contributed by atoms with Crippen LogP contribution in [0.2, 0.25) is 5.02 Å². The van der Waals surface area contributed by atoms with Crippen molar-refractivity contribution in [1.82, 2.24) is 5.43 Å². The van der Waals surface area contributed by atoms with Crippen molar-refractivity contribution in [2.24, 2.45) is 0 Å². The van der Waals surface area contributed by atoms with Crippen LogP contribution in [0.1, 0.15) is 11.1 Å². The molecular weight excluding hydrogens is 260 g/mol. The molecule has 0 aromatic heterocycles. The van der Waals surface area contributed by atoms with Crippen LogP contribution in [-0.4, -0.2) is 11.7 Å². The van der Waals surface area contributed by atoms with Crippen LogP contribution in [0.25, 0.3) is 5.57 Å². The van der Waals surface area contributed by atoms with E-state index in [1.54, 1.807) is 0 Å². The van der Waals surface area contributed by atoms with Gasteiger partial charge in [-0.05, 0) is 23.8 Å². The quantitative estimate of drug-likeness (QED) is 0.743. The van der Waals surface area contributed by atoms with E-state index >= 15 is 0 Å². The lowest BCUT2D eigenvalue weighted by Gasteiger charge is -2.12. The molecule has 0 saturated carbocycles. The van der Waals surface area contributed by atoms with Crippen molar-refractivity contribution in [1.29, 1.82) is 0 Å². The van der Waals surface area contributed by atoms with Crippen molar-refractivity contribution in [3.63, 3.8) is 0 Å². The minimum absolute atomic E-state index is 0.291. The maximum Gasteiger partial charge on any atom is 0.116 e. The van der Waals surface area contributed by atoms with Crippen LogP contribution in [0.4, 0.5) is 5.69 Å². The van der Waals surface area contributed by atoms with Gasteiger partial charge in [-0.2, -0.15) is 0 Å². The highest BCUT2D eigenvalue weighted by molar-refractivity contribution is 6.31. The van der Waals surface area contributed by atoms with Crippen LogP contribution in [0.5, 0.6) is 0 Å². The Kier molecular flexibility index (Phi) is 3.15. The van der Waals surface area contributed by atoms with Gasteiger partial charge >= 0.3 is 0 Å². The van der Waals surface area contributed by atoms with Crippen molar-refractivity contribution in [2.45, 2.75) is 0 Å². The third kappa shape index (κ3) is 2.30. The van der Waals surface area contributed by atoms with Crippen molar-refractivity contribution < 1.29 is 5.11 Å². The molecule has 0 fully saturated rings. The Morgan fingerprint density at radius 3 is 2.63 bits per heavy atom. The summed E-state index contributed by atoms with van der Waals surface area (Å²) >= 11 is 6.08. The predicted octanol–water partition coefficient (Wildman–Crippen LogP) is 3.59. The minimum Gasteiger partial charge on any atom is -0.510 e. The first kappa shape index (κ1) is 12.1. The molecule has 4 heteroatoms. The number of aliphatic hydroxyl groups excluding tert-OH is 1. The standard InChI is InChI=1S/C15H13ClN2O/c16-11-6-7-13-12(8-11)15(14(19)9-17-18-13)10-4-2-1-3-5-10/h1-8,17-19H,9H2. The van der Waals surface area contributed by atoms with Crippen molar-refractivity contribution in [2.75, 3.05) is 12.0 Å². The van der Waals surface area contributed by atoms with Crippen LogP contribution in [-0.2, 0) is 0 Å². The molecule has 0 spiro atoms. The molecule has 2 aromatic carbocycles. The second kappa shape index (κ2) is 4.96. The summed E-state index contributed by atoms with van der Waals surface area (Å²) in [4.78, 5) is 0. The molecule has 0 bridgehead atoms. The van der Waals surface area contributed by atoms with E-state index in [0.717, 1.165) is 22.4 Å². The molecule has 3 rings (SSSR count). The van der Waals surface area contributed by atoms with Gasteiger partial charge in [0, 0.05) is 16.2 Å². The summed E-state index contributed by atoms with van der Waals surface area (Å²) in [5.74, 6) is 0.291. The first-order chi connectivity index (χ1) is 9.25. The third-order valence-corrected chi connectivity index (χ3v) is 3.32. The van der Waals surface area contributed by atoms with E-state index in [4.69, 9.17) is 11.6 Å². The average Bonchev–Trinajstić information content (AvgIpc) is 2.58. The molecule has 0 saturated heterocycles. The van der Waals surface area contributed by atoms with Crippen molar-refractivity contribution in [3.8, 4) is 0 Å². The molecule has 2 aromatic rings. The van der Waals surface area contributed by atoms with Crippen molar-refractivity contribution >= 4 is 22.9 Å². The molecule has 3 N–H and O–H groups in total. The first-order valence-electron chi connectivity index (χ1n) is 6.02. The number of nitrogens with one attached hydrogen (secondary N) is 2. The van der Waals surface area contributed by atoms with Crippen LogP contribution in [0.3, 0.4) is 0 Å². The molecule has 1 aliphatic heterocycles. The smallest absolute Gasteiger partial charge is 0.116 e. The summed E-state index contributed by atoms with van der Waals surface area (Å²) in [6.07, 6.45) is 0. The Labute approximate surface area is 116 Å². The van der Waals surface area contributed by atoms with E-state index in [-0.39, 0.29) is 0 Å². The molecule has 3 nitrogen and oxygen atoms in total. The van der Waals surface area contributed by atoms with E-state index in [1.807, 2.05) is 48.5 Å². The van der Waals surface area contributed by atoms with Gasteiger partial charge in [-0.1, -0.05) is 41.9 Å². The highest BCUT2D eigenvalue weighted by Gasteiger charge is 2.18. The number of rotatable bonds is 1. The largest absolute Gasteiger partial charge is 0.510 e. The number of hydrogen-bond donors (Lipinski definition) is 3. The van der Waals surface area contributed by atoms with Crippen LogP contribution >= 0.6 is 11.6 Å². The van der Waals surface area contributed by atoms with Crippen LogP contribution < -0.4 is 10.9 Å². The Balaban J connectivity index is 2.24. The van der Waals surface area contributed by atoms with E-state index in [0.29, 0.717) is 17.3 Å². The zero-order valence-electron chi connectivity index (χ0n) is 10.2. The van der Waals surface area contributed by atoms with Gasteiger partial charge in [-0.3, -0.25) is 0 Å². The van der Waals surface area contributed by atoms with E-state index < -0.39 is 0 Å². The zero-order valence-corrected chi connectivity index (χ0v) is 10.9. The fraction of sp³-hybridized carbons (Fsp3) is 0.0667. The molecule has 0 atom stereocenters. The lowest BCUT2D eigenvalue weighted by atomic mass is 9.95. The summed E-state index contributed by atoms with van der Waals surface area (Å²) in [6, 6.07) is 15.4. The predicted molar refractivity (Wildman–Crippen MR) is 78.2 cm³/mol. The molecule has 1 aliphatic rings. The van der Waals surface area contributed by atoms with Gasteiger partial charge < -0.3 is 10.5 Å². The lowest BCUT2D eigenvalue weighted by molar-refractivity contribution is 0.398. The zero-order chi connectivity index (χ0) is 13.2. The van der Waals surface area contributed by atoms with Gasteiger partial charge in [0.1, 0.15) is 5.76 Å². The van der Waals surface area contributed by atoms with E-state index in [1.165, 1.54) is 0 Å². The maximum atomic E-state index is 10.3. The summed E-state index contributed by atoms with van der Waals surface area (Å²) in [7, 11) is 0. The molecular formula is C15H13ClN2O. The number of hydrogen-bond acceptors (Lipinski definition) is 3. The highest BCUT2D eigenvalue weighted by atomic mass is 35.5. The number of benzene rings is 2. The number of aliphatic hydroxyl groups is 1. The Hall–Kier alpha value is -1.97. The number of halogens is 1. The normalized spacial score (nSPS) is 14.6. The van der Waals surface area contributed by atoms with E-state index in [2.05, 4.69) is 10.9 Å². The summed E-state index contributed by atoms with van der Waals surface area (Å²) in [5.41, 5.74) is 9.60. The summed E-state index contributed by atoms with van der Waals surface area (Å²) in [5, 5.41) is 10.9. The highest BCUT2D eigenvalue weighted by Crippen LogP contribution is 2.34. The Bertz CT molecular complexity index is 638. The van der Waals surface area contributed by atoms with Crippen LogP contribution in [0, 0.1) is 0 Å². The molecule has 0 amide bonds. The van der Waals surface area contributed by atoms with Gasteiger partial charge in [-0.15, -0.1) is 0 Å². The van der Waals surface area contributed by atoms with E-state index in [9.17, 15) is 5.11 Å². The average molecular weight is 273 g/mol. The van der Waals surface area contributed by atoms with Gasteiger partial charge in [0.05, 0.1) is 12.2 Å². The molecule has 96 valence electrons. The lowest BCUT2D eigenvalue weighted by Crippen LogP contribution is -2.22. The second-order valence-corrected chi connectivity index (χ2v) is 4.79. The fourth-order valence-electron chi connectivity index (χ4n) is 2.23. The number of fused-ring (bicyclic) bond motifs is 1. The maximum absolute atomic E-state index is 10.3. The molecule has 0 unspecified atom stereocenters. The van der Waals surface area contributed by atoms with Crippen molar-refractivity contribution in [3.05, 3.63) is 70.4 Å². The summed E-state index contributed by atoms with van der Waals surface area (Å²) < 4.78 is 0. The monoisotopic (exact) mass is 272 g/mol. The minimum atomic E-state index is 0.291. The van der Waals surface area contributed by atoms with Gasteiger partial charge in [0.25, 0.3) is 0 Å². The number of hydrazine groups is 1.